The number of nitriles is 1. The molecule has 0 fully saturated rings. The van der Waals surface area contributed by atoms with Gasteiger partial charge in [-0.05, 0) is 24.3 Å². The van der Waals surface area contributed by atoms with Crippen molar-refractivity contribution < 1.29 is 27.8 Å². The number of carboxylic acids is 1. The van der Waals surface area contributed by atoms with Crippen LogP contribution in [0.15, 0.2) is 30.3 Å². The number of carboxylic acid groups (broad SMARTS) is 1. The first-order chi connectivity index (χ1) is 11.3. The van der Waals surface area contributed by atoms with Gasteiger partial charge in [0.05, 0.1) is 23.1 Å². The molecule has 4 nitrogen and oxygen atoms in total. The number of benzene rings is 2. The summed E-state index contributed by atoms with van der Waals surface area (Å²) < 4.78 is 45.2. The minimum Gasteiger partial charge on any atom is -0.481 e. The summed E-state index contributed by atoms with van der Waals surface area (Å²) in [6.07, 6.45) is -3.45. The molecule has 2 aromatic carbocycles. The Labute approximate surface area is 139 Å². The highest BCUT2D eigenvalue weighted by Crippen LogP contribution is 2.35. The Bertz CT molecular complexity index is 834. The predicted octanol–water partition coefficient (Wildman–Crippen LogP) is 4.71. The van der Waals surface area contributed by atoms with Crippen LogP contribution in [0.3, 0.4) is 0 Å². The summed E-state index contributed by atoms with van der Waals surface area (Å²) in [5, 5.41) is 17.5. The summed E-state index contributed by atoms with van der Waals surface area (Å²) >= 11 is 5.84. The number of hydrogen-bond acceptors (Lipinski definition) is 3. The lowest BCUT2D eigenvalue weighted by Crippen LogP contribution is -2.04. The molecular weight excluding hydrogens is 347 g/mol. The molecule has 2 aromatic rings. The van der Waals surface area contributed by atoms with E-state index >= 15 is 0 Å². The van der Waals surface area contributed by atoms with Crippen molar-refractivity contribution in [2.24, 2.45) is 0 Å². The second kappa shape index (κ2) is 7.23. The minimum atomic E-state index is -2.85. The van der Waals surface area contributed by atoms with Crippen LogP contribution < -0.4 is 4.74 Å². The third kappa shape index (κ3) is 3.97. The van der Waals surface area contributed by atoms with Crippen molar-refractivity contribution in [3.05, 3.63) is 57.9 Å². The second-order valence-electron chi connectivity index (χ2n) is 4.73. The lowest BCUT2D eigenvalue weighted by Gasteiger charge is -2.12. The first-order valence-corrected chi connectivity index (χ1v) is 6.89. The van der Waals surface area contributed by atoms with Crippen LogP contribution in [0.1, 0.15) is 23.1 Å². The number of hydrogen-bond donors (Lipinski definition) is 1. The summed E-state index contributed by atoms with van der Waals surface area (Å²) in [7, 11) is 0. The molecule has 0 aliphatic heterocycles. The van der Waals surface area contributed by atoms with Gasteiger partial charge in [0.15, 0.2) is 11.6 Å². The first kappa shape index (κ1) is 17.6. The summed E-state index contributed by atoms with van der Waals surface area (Å²) in [6.45, 7) is 0. The van der Waals surface area contributed by atoms with Crippen LogP contribution in [-0.2, 0) is 11.2 Å². The van der Waals surface area contributed by atoms with Gasteiger partial charge in [0, 0.05) is 11.1 Å². The van der Waals surface area contributed by atoms with Gasteiger partial charge in [0.2, 0.25) is 0 Å². The molecule has 1 N–H and O–H groups in total. The number of ether oxygens (including phenoxy) is 1. The normalized spacial score (nSPS) is 10.5. The van der Waals surface area contributed by atoms with E-state index in [0.29, 0.717) is 0 Å². The van der Waals surface area contributed by atoms with Gasteiger partial charge in [-0.25, -0.2) is 13.2 Å². The molecule has 0 heterocycles. The van der Waals surface area contributed by atoms with Gasteiger partial charge in [-0.1, -0.05) is 17.7 Å². The number of halogens is 4. The van der Waals surface area contributed by atoms with Gasteiger partial charge in [0.25, 0.3) is 6.43 Å². The highest BCUT2D eigenvalue weighted by atomic mass is 35.5. The van der Waals surface area contributed by atoms with E-state index in [1.54, 1.807) is 6.07 Å². The van der Waals surface area contributed by atoms with Crippen molar-refractivity contribution in [1.29, 1.82) is 5.26 Å². The van der Waals surface area contributed by atoms with E-state index in [4.69, 9.17) is 26.7 Å². The number of nitrogens with zero attached hydrogens (tertiary/aromatic N) is 1. The largest absolute Gasteiger partial charge is 0.481 e. The highest BCUT2D eigenvalue weighted by molar-refractivity contribution is 6.32. The maximum atomic E-state index is 14.3. The van der Waals surface area contributed by atoms with Crippen molar-refractivity contribution >= 4 is 17.6 Å². The van der Waals surface area contributed by atoms with Crippen LogP contribution in [-0.4, -0.2) is 11.1 Å². The molecule has 8 heteroatoms. The Morgan fingerprint density at radius 3 is 2.62 bits per heavy atom. The van der Waals surface area contributed by atoms with Crippen LogP contribution in [0.4, 0.5) is 13.2 Å². The molecule has 124 valence electrons. The molecule has 0 unspecified atom stereocenters. The lowest BCUT2D eigenvalue weighted by atomic mass is 10.1. The maximum absolute atomic E-state index is 14.3. The van der Waals surface area contributed by atoms with Crippen molar-refractivity contribution in [2.45, 2.75) is 12.8 Å². The van der Waals surface area contributed by atoms with Crippen molar-refractivity contribution in [3.63, 3.8) is 0 Å². The molecule has 2 rings (SSSR count). The molecule has 0 saturated heterocycles. The van der Waals surface area contributed by atoms with E-state index < -0.39 is 35.9 Å². The molecule has 0 radical (unpaired) electrons. The molecule has 0 aliphatic rings. The van der Waals surface area contributed by atoms with E-state index in [1.807, 2.05) is 0 Å². The molecule has 0 spiro atoms. The Balaban J connectivity index is 2.46. The van der Waals surface area contributed by atoms with E-state index in [2.05, 4.69) is 0 Å². The average molecular weight is 356 g/mol. The quantitative estimate of drug-likeness (QED) is 0.843. The third-order valence-corrected chi connectivity index (χ3v) is 3.30. The molecule has 0 saturated carbocycles. The second-order valence-corrected chi connectivity index (χ2v) is 5.13. The third-order valence-electron chi connectivity index (χ3n) is 3.00. The molecule has 24 heavy (non-hydrogen) atoms. The number of carbonyl (C=O) groups is 1. The van der Waals surface area contributed by atoms with Crippen LogP contribution in [0.2, 0.25) is 5.02 Å². The fourth-order valence-corrected chi connectivity index (χ4v) is 2.14. The van der Waals surface area contributed by atoms with Gasteiger partial charge < -0.3 is 9.84 Å². The van der Waals surface area contributed by atoms with Crippen LogP contribution >= 0.6 is 11.6 Å². The van der Waals surface area contributed by atoms with Crippen molar-refractivity contribution in [3.8, 4) is 17.6 Å². The zero-order chi connectivity index (χ0) is 17.9. The number of aliphatic carboxylic acids is 1. The van der Waals surface area contributed by atoms with Gasteiger partial charge in [-0.2, -0.15) is 5.26 Å². The van der Waals surface area contributed by atoms with Crippen molar-refractivity contribution in [1.82, 2.24) is 0 Å². The topological polar surface area (TPSA) is 70.3 Å². The fourth-order valence-electron chi connectivity index (χ4n) is 1.96. The smallest absolute Gasteiger partial charge is 0.307 e. The monoisotopic (exact) mass is 355 g/mol. The van der Waals surface area contributed by atoms with Gasteiger partial charge in [0.1, 0.15) is 5.75 Å². The van der Waals surface area contributed by atoms with Crippen LogP contribution in [0, 0.1) is 17.1 Å². The average Bonchev–Trinajstić information content (AvgIpc) is 2.53. The van der Waals surface area contributed by atoms with E-state index in [9.17, 15) is 18.0 Å². The predicted molar refractivity (Wildman–Crippen MR) is 78.9 cm³/mol. The summed E-state index contributed by atoms with van der Waals surface area (Å²) in [6, 6.07) is 7.20. The highest BCUT2D eigenvalue weighted by Gasteiger charge is 2.18. The van der Waals surface area contributed by atoms with Gasteiger partial charge in [-0.3, -0.25) is 4.79 Å². The molecule has 0 bridgehead atoms. The van der Waals surface area contributed by atoms with Gasteiger partial charge >= 0.3 is 5.97 Å². The zero-order valence-electron chi connectivity index (χ0n) is 11.9. The van der Waals surface area contributed by atoms with Crippen molar-refractivity contribution in [2.75, 3.05) is 0 Å². The minimum absolute atomic E-state index is 0.0963. The summed E-state index contributed by atoms with van der Waals surface area (Å²) in [4.78, 5) is 10.7. The maximum Gasteiger partial charge on any atom is 0.307 e. The number of rotatable bonds is 5. The Kier molecular flexibility index (Phi) is 5.31. The SMILES string of the molecule is N#Cc1cc(Oc2c(Cl)ccc(CC(=O)O)c2F)cc(C(F)F)c1. The molecule has 0 amide bonds. The van der Waals surface area contributed by atoms with Crippen LogP contribution in [0.25, 0.3) is 0 Å². The van der Waals surface area contributed by atoms with Gasteiger partial charge in [-0.15, -0.1) is 0 Å². The van der Waals surface area contributed by atoms with E-state index in [0.717, 1.165) is 18.2 Å². The molecule has 0 aromatic heterocycles. The molecule has 0 aliphatic carbocycles. The van der Waals surface area contributed by atoms with E-state index in [-0.39, 0.29) is 21.9 Å². The molecule has 0 atom stereocenters. The molecular formula is C16H9ClF3NO3. The number of alkyl halides is 2. The van der Waals surface area contributed by atoms with E-state index in [1.165, 1.54) is 12.1 Å². The Hall–Kier alpha value is -2.72. The zero-order valence-corrected chi connectivity index (χ0v) is 12.6. The van der Waals surface area contributed by atoms with Crippen LogP contribution in [0.5, 0.6) is 11.5 Å². The lowest BCUT2D eigenvalue weighted by molar-refractivity contribution is -0.136. The Morgan fingerprint density at radius 1 is 1.33 bits per heavy atom. The summed E-state index contributed by atoms with van der Waals surface area (Å²) in [5.74, 6) is -2.97. The fraction of sp³-hybridized carbons (Fsp3) is 0.125. The Morgan fingerprint density at radius 2 is 2.04 bits per heavy atom. The standard InChI is InChI=1S/C16H9ClF3NO3/c17-12-2-1-9(6-13(22)23)14(18)15(12)24-11-4-8(7-21)3-10(5-11)16(19)20/h1-5,16H,6H2,(H,22,23). The summed E-state index contributed by atoms with van der Waals surface area (Å²) in [5.41, 5.74) is -0.740. The first-order valence-electron chi connectivity index (χ1n) is 6.51.